The van der Waals surface area contributed by atoms with Crippen LogP contribution in [0.2, 0.25) is 0 Å². The summed E-state index contributed by atoms with van der Waals surface area (Å²) in [6.07, 6.45) is 8.00. The van der Waals surface area contributed by atoms with E-state index in [0.29, 0.717) is 58.8 Å². The largest absolute Gasteiger partial charge is 0.755 e. The molecule has 2 fully saturated rings. The second-order valence-electron chi connectivity index (χ2n) is 18.9. The van der Waals surface area contributed by atoms with E-state index in [1.807, 2.05) is 0 Å². The van der Waals surface area contributed by atoms with Gasteiger partial charge in [-0.05, 0) is 54.0 Å². The number of halogens is 3. The van der Waals surface area contributed by atoms with Crippen molar-refractivity contribution >= 4 is 92.0 Å². The first-order valence-corrected chi connectivity index (χ1v) is 28.9. The Morgan fingerprint density at radius 3 is 2.30 bits per heavy atom. The molecule has 79 heavy (non-hydrogen) atoms. The number of phenols is 1. The minimum atomic E-state index is -4.89. The molecule has 0 radical (unpaired) electrons. The third-order valence-electron chi connectivity index (χ3n) is 13.3. The highest BCUT2D eigenvalue weighted by atomic mass is 32.2. The molecule has 7 N–H and O–H groups in total. The molecular formula is C52H57F3N5O16S3-. The highest BCUT2D eigenvalue weighted by Crippen LogP contribution is 2.44. The van der Waals surface area contributed by atoms with Gasteiger partial charge < -0.3 is 54.8 Å². The molecule has 0 bridgehead atoms. The predicted molar refractivity (Wildman–Crippen MR) is 281 cm³/mol. The van der Waals surface area contributed by atoms with Gasteiger partial charge in [-0.15, -0.1) is 11.8 Å². The molecule has 1 saturated heterocycles. The van der Waals surface area contributed by atoms with Crippen LogP contribution in [0.5, 0.6) is 17.2 Å². The summed E-state index contributed by atoms with van der Waals surface area (Å²) in [7, 11) is -4.89. The van der Waals surface area contributed by atoms with E-state index in [1.54, 1.807) is 30.3 Å². The van der Waals surface area contributed by atoms with E-state index in [2.05, 4.69) is 22.5 Å². The van der Waals surface area contributed by atoms with Gasteiger partial charge in [-0.1, -0.05) is 56.9 Å². The fourth-order valence-corrected chi connectivity index (χ4v) is 12.5. The lowest BCUT2D eigenvalue weighted by atomic mass is 9.77. The number of carbonyl (C=O) groups excluding carboxylic acids is 4. The summed E-state index contributed by atoms with van der Waals surface area (Å²) in [4.78, 5) is 76.8. The lowest BCUT2D eigenvalue weighted by Crippen LogP contribution is -2.43. The smallest absolute Gasteiger partial charge is 0.327 e. The number of amides is 4. The number of allylic oxidation sites excluding steroid dienone is 2. The molecule has 2 aliphatic heterocycles. The van der Waals surface area contributed by atoms with Gasteiger partial charge in [0.05, 0.1) is 49.0 Å². The van der Waals surface area contributed by atoms with E-state index in [-0.39, 0.29) is 63.0 Å². The number of nitrogens with zero attached hydrogens (tertiary/aromatic N) is 1. The molecule has 5 atom stereocenters. The summed E-state index contributed by atoms with van der Waals surface area (Å²) < 4.78 is 114. The number of hydrogen-bond acceptors (Lipinski definition) is 16. The van der Waals surface area contributed by atoms with E-state index >= 15 is 8.78 Å². The number of fused-ring (bicyclic) bond motifs is 2. The molecule has 3 aromatic rings. The monoisotopic (exact) mass is 1160 g/mol. The zero-order valence-corrected chi connectivity index (χ0v) is 44.7. The number of ether oxygens (including phenoxy) is 3. The van der Waals surface area contributed by atoms with Crippen LogP contribution in [0, 0.1) is 29.3 Å². The fraction of sp³-hybridized carbons (Fsp3) is 0.423. The average Bonchev–Trinajstić information content (AvgIpc) is 3.75. The molecular weight excluding hydrogens is 1100 g/mol. The quantitative estimate of drug-likeness (QED) is 0.0274. The molecule has 4 amide bonds. The number of nitrogens with one attached hydrogen (secondary N) is 4. The number of anilines is 2. The number of likely N-dealkylation sites (tertiary alicyclic amines) is 1. The van der Waals surface area contributed by atoms with E-state index in [9.17, 15) is 65.7 Å². The van der Waals surface area contributed by atoms with E-state index in [0.717, 1.165) is 35.9 Å². The number of hydrogen-bond donors (Lipinski definition) is 7. The number of imide groups is 1. The van der Waals surface area contributed by atoms with Gasteiger partial charge >= 0.3 is 11.9 Å². The summed E-state index contributed by atoms with van der Waals surface area (Å²) in [6.45, 7) is 3.48. The number of thioether (sulfide) groups is 1. The van der Waals surface area contributed by atoms with E-state index < -0.39 is 132 Å². The van der Waals surface area contributed by atoms with Crippen molar-refractivity contribution < 1.29 is 88.6 Å². The Morgan fingerprint density at radius 2 is 1.61 bits per heavy atom. The molecule has 2 heterocycles. The summed E-state index contributed by atoms with van der Waals surface area (Å²) in [5, 5.41) is 38.1. The van der Waals surface area contributed by atoms with Crippen LogP contribution in [0.3, 0.4) is 0 Å². The standard InChI is InChI=1S/C52H58F3N5O16S3/c1-28-9-12-33-37(23-28)76-38-25-31(61)11-14-34(38)43(33)32-13-10-30(24-35(32)51(66)67)60-42(64)26-39(50(60)65)77-27-36(52(68)69)58-41(63)15-18-74-20-21-75-19-17-56-40(62)16-22-79(72,73)49-45(54)44(53)47(59-78(70)71)46(55)48(49)57-29-7-5-3-2-4-6-8-29/h9-14,23-25,29,32,35-36,39,57,59,61H,1-8,15-22,26-27H2,(H,56,62)(H,58,63)(H,66,67)(H,68,69)(H,70,71)/p-1. The number of carboxylic acids is 2. The number of aliphatic carboxylic acids is 2. The Kier molecular flexibility index (Phi) is 20.4. The summed E-state index contributed by atoms with van der Waals surface area (Å²) in [6, 6.07) is 7.62. The number of phenolic OH excluding ortho intramolecular Hbond substituents is 1. The van der Waals surface area contributed by atoms with Crippen LogP contribution in [-0.4, -0.2) is 135 Å². The van der Waals surface area contributed by atoms with Gasteiger partial charge in [-0.3, -0.25) is 28.2 Å². The fourth-order valence-electron chi connectivity index (χ4n) is 9.49. The third kappa shape index (κ3) is 14.9. The maximum absolute atomic E-state index is 15.7. The first kappa shape index (κ1) is 59.9. The maximum atomic E-state index is 15.7. The van der Waals surface area contributed by atoms with Crippen molar-refractivity contribution in [2.45, 2.75) is 86.4 Å². The zero-order valence-electron chi connectivity index (χ0n) is 42.3. The number of benzene rings is 3. The lowest BCUT2D eigenvalue weighted by Gasteiger charge is -2.31. The van der Waals surface area contributed by atoms with Crippen molar-refractivity contribution in [2.75, 3.05) is 54.5 Å². The number of carbonyl (C=O) groups is 6. The summed E-state index contributed by atoms with van der Waals surface area (Å²) in [5.41, 5.74) is -1.21. The first-order valence-electron chi connectivity index (χ1n) is 25.1. The molecule has 0 spiro atoms. The second kappa shape index (κ2) is 26.9. The Morgan fingerprint density at radius 1 is 0.899 bits per heavy atom. The molecule has 3 aromatic carbocycles. The van der Waals surface area contributed by atoms with Gasteiger partial charge in [0.15, 0.2) is 27.3 Å². The molecule has 0 aromatic heterocycles. The SMILES string of the molecule is C=c1ccc2c(c1)Oc1cc(O)ccc1C=2C1C=CC(N2C(=O)CC(SCC(NC(=O)CCOCCOCCNC(=O)CCS(=O)(=O)c3c(F)c(F)c(NS(=O)[O-])c(F)c3NC3CCCCCCC3)C(=O)O)C2=O)=CC1C(=O)O. The average molecular weight is 1160 g/mol. The highest BCUT2D eigenvalue weighted by molar-refractivity contribution is 8.00. The van der Waals surface area contributed by atoms with Crippen molar-refractivity contribution in [3.63, 3.8) is 0 Å². The van der Waals surface area contributed by atoms with Gasteiger partial charge in [0, 0.05) is 77.3 Å². The van der Waals surface area contributed by atoms with Crippen molar-refractivity contribution in [3.05, 3.63) is 93.8 Å². The minimum absolute atomic E-state index is 0.0247. The third-order valence-corrected chi connectivity index (χ3v) is 16.8. The molecule has 426 valence electrons. The van der Waals surface area contributed by atoms with Gasteiger partial charge in [0.2, 0.25) is 23.6 Å². The van der Waals surface area contributed by atoms with Crippen molar-refractivity contribution in [2.24, 2.45) is 11.8 Å². The predicted octanol–water partition coefficient (Wildman–Crippen LogP) is 3.86. The number of rotatable bonds is 25. The Labute approximate surface area is 458 Å². The Bertz CT molecular complexity index is 3190. The van der Waals surface area contributed by atoms with Crippen molar-refractivity contribution in [1.82, 2.24) is 15.5 Å². The molecule has 2 aliphatic carbocycles. The van der Waals surface area contributed by atoms with Crippen molar-refractivity contribution in [1.29, 1.82) is 0 Å². The summed E-state index contributed by atoms with van der Waals surface area (Å²) >= 11 is -2.45. The Hall–Kier alpha value is -6.78. The molecule has 21 nitrogen and oxygen atoms in total. The van der Waals surface area contributed by atoms with E-state index in [1.165, 1.54) is 29.0 Å². The van der Waals surface area contributed by atoms with Gasteiger partial charge in [-0.2, -0.15) is 0 Å². The summed E-state index contributed by atoms with van der Waals surface area (Å²) in [5.74, 6) is -14.1. The van der Waals surface area contributed by atoms with Crippen LogP contribution < -0.4 is 35.8 Å². The molecule has 4 aliphatic rings. The van der Waals surface area contributed by atoms with E-state index in [4.69, 9.17) is 14.2 Å². The first-order chi connectivity index (χ1) is 37.6. The van der Waals surface area contributed by atoms with Crippen molar-refractivity contribution in [3.8, 4) is 17.2 Å². The van der Waals surface area contributed by atoms with Gasteiger partial charge in [0.1, 0.15) is 33.9 Å². The number of carboxylic acid groups (broad SMARTS) is 2. The topological polar surface area (TPSA) is 316 Å². The Balaban J connectivity index is 0.826. The minimum Gasteiger partial charge on any atom is -0.755 e. The highest BCUT2D eigenvalue weighted by Gasteiger charge is 2.44. The zero-order chi connectivity index (χ0) is 57.1. The molecule has 7 rings (SSSR count). The molecule has 5 unspecified atom stereocenters. The van der Waals surface area contributed by atoms with Gasteiger partial charge in [-0.25, -0.2) is 31.3 Å². The van der Waals surface area contributed by atoms with Crippen LogP contribution in [-0.2, 0) is 59.3 Å². The van der Waals surface area contributed by atoms with Crippen LogP contribution in [0.4, 0.5) is 24.5 Å². The van der Waals surface area contributed by atoms with Gasteiger partial charge in [0.25, 0.3) is 0 Å². The maximum Gasteiger partial charge on any atom is 0.327 e. The van der Waals surface area contributed by atoms with Crippen LogP contribution in [0.25, 0.3) is 12.2 Å². The molecule has 27 heteroatoms. The number of sulfone groups is 1. The second-order valence-corrected chi connectivity index (χ2v) is 22.8. The normalized spacial score (nSPS) is 19.2. The molecule has 1 saturated carbocycles. The van der Waals surface area contributed by atoms with Crippen LogP contribution >= 0.6 is 11.8 Å². The number of aromatic hydroxyl groups is 1. The lowest BCUT2D eigenvalue weighted by molar-refractivity contribution is -0.141. The van der Waals surface area contributed by atoms with Crippen LogP contribution in [0.1, 0.15) is 69.8 Å². The van der Waals surface area contributed by atoms with Crippen LogP contribution in [0.15, 0.2) is 65.2 Å².